The van der Waals surface area contributed by atoms with E-state index in [0.29, 0.717) is 11.7 Å². The number of benzene rings is 1. The van der Waals surface area contributed by atoms with E-state index in [1.807, 2.05) is 6.07 Å². The highest BCUT2D eigenvalue weighted by molar-refractivity contribution is 5.52. The van der Waals surface area contributed by atoms with Gasteiger partial charge in [-0.1, -0.05) is 37.6 Å². The zero-order valence-electron chi connectivity index (χ0n) is 15.2. The monoisotopic (exact) mass is 338 g/mol. The van der Waals surface area contributed by atoms with Gasteiger partial charge in [0.25, 0.3) is 0 Å². The lowest BCUT2D eigenvalue weighted by Gasteiger charge is -2.23. The van der Waals surface area contributed by atoms with Crippen molar-refractivity contribution in [2.24, 2.45) is 0 Å². The van der Waals surface area contributed by atoms with Gasteiger partial charge in [0.1, 0.15) is 5.82 Å². The first-order chi connectivity index (χ1) is 12.2. The number of rotatable bonds is 7. The number of nitrogen functional groups attached to an aromatic ring is 1. The van der Waals surface area contributed by atoms with Crippen molar-refractivity contribution in [2.45, 2.75) is 44.9 Å². The number of nitrogens with two attached hydrogens (primary N) is 1. The molecule has 0 amide bonds. The van der Waals surface area contributed by atoms with Crippen LogP contribution in [0.2, 0.25) is 0 Å². The number of anilines is 2. The molecule has 2 aromatic rings. The molecule has 1 saturated heterocycles. The molecule has 0 atom stereocenters. The molecule has 0 spiro atoms. The van der Waals surface area contributed by atoms with E-state index in [0.717, 1.165) is 43.9 Å². The third-order valence-corrected chi connectivity index (χ3v) is 4.93. The number of unbranched alkanes of at least 4 members (excludes halogenated alkanes) is 1. The molecule has 2 heterocycles. The minimum Gasteiger partial charge on any atom is -0.385 e. The van der Waals surface area contributed by atoms with Crippen molar-refractivity contribution < 1.29 is 0 Å². The van der Waals surface area contributed by atoms with Crippen LogP contribution < -0.4 is 16.4 Å². The smallest absolute Gasteiger partial charge is 0.125 e. The van der Waals surface area contributed by atoms with E-state index in [2.05, 4.69) is 52.9 Å². The largest absolute Gasteiger partial charge is 0.385 e. The zero-order chi connectivity index (χ0) is 17.5. The molecular formula is C21H30N4. The second-order valence-electron chi connectivity index (χ2n) is 6.99. The standard InChI is InChI=1S/C21H30N4/c1-2-3-10-24-19-14-20(25-21(22)15-19)13-16-4-6-17(7-5-16)18-8-11-23-12-9-18/h4-7,14-15,18,23H,2-3,8-13H2,1H3,(H3,22,24,25). The number of hydrogen-bond acceptors (Lipinski definition) is 4. The Hall–Kier alpha value is -2.07. The van der Waals surface area contributed by atoms with Gasteiger partial charge in [-0.3, -0.25) is 0 Å². The van der Waals surface area contributed by atoms with Crippen LogP contribution in [-0.4, -0.2) is 24.6 Å². The number of nitrogens with one attached hydrogen (secondary N) is 2. The van der Waals surface area contributed by atoms with Gasteiger partial charge in [-0.15, -0.1) is 0 Å². The van der Waals surface area contributed by atoms with Gasteiger partial charge in [-0.25, -0.2) is 4.98 Å². The summed E-state index contributed by atoms with van der Waals surface area (Å²) in [6.45, 7) is 5.44. The summed E-state index contributed by atoms with van der Waals surface area (Å²) in [5, 5.41) is 6.87. The first-order valence-corrected chi connectivity index (χ1v) is 9.54. The average Bonchev–Trinajstić information content (AvgIpc) is 2.63. The van der Waals surface area contributed by atoms with E-state index >= 15 is 0 Å². The molecular weight excluding hydrogens is 308 g/mol. The minimum absolute atomic E-state index is 0.586. The third-order valence-electron chi connectivity index (χ3n) is 4.93. The Morgan fingerprint density at radius 2 is 1.92 bits per heavy atom. The van der Waals surface area contributed by atoms with E-state index in [-0.39, 0.29) is 0 Å². The SMILES string of the molecule is CCCCNc1cc(N)nc(Cc2ccc(C3CCNCC3)cc2)c1. The summed E-state index contributed by atoms with van der Waals surface area (Å²) in [5.74, 6) is 1.29. The number of aromatic nitrogens is 1. The molecule has 3 rings (SSSR count). The van der Waals surface area contributed by atoms with Crippen LogP contribution in [0.5, 0.6) is 0 Å². The molecule has 4 nitrogen and oxygen atoms in total. The molecule has 25 heavy (non-hydrogen) atoms. The van der Waals surface area contributed by atoms with Gasteiger partial charge in [-0.2, -0.15) is 0 Å². The highest BCUT2D eigenvalue weighted by atomic mass is 14.9. The quantitative estimate of drug-likeness (QED) is 0.669. The van der Waals surface area contributed by atoms with Crippen molar-refractivity contribution in [3.05, 3.63) is 53.2 Å². The molecule has 0 saturated carbocycles. The molecule has 0 bridgehead atoms. The topological polar surface area (TPSA) is 63.0 Å². The number of hydrogen-bond donors (Lipinski definition) is 3. The number of nitrogens with zero attached hydrogens (tertiary/aromatic N) is 1. The van der Waals surface area contributed by atoms with Gasteiger partial charge in [0, 0.05) is 30.4 Å². The highest BCUT2D eigenvalue weighted by Gasteiger charge is 2.14. The van der Waals surface area contributed by atoms with Crippen molar-refractivity contribution in [2.75, 3.05) is 30.7 Å². The predicted molar refractivity (Wildman–Crippen MR) is 106 cm³/mol. The Bertz CT molecular complexity index is 660. The number of pyridine rings is 1. The van der Waals surface area contributed by atoms with E-state index < -0.39 is 0 Å². The van der Waals surface area contributed by atoms with Crippen LogP contribution in [0.15, 0.2) is 36.4 Å². The lowest BCUT2D eigenvalue weighted by molar-refractivity contribution is 0.460. The predicted octanol–water partition coefficient (Wildman–Crippen LogP) is 3.93. The lowest BCUT2D eigenvalue weighted by Crippen LogP contribution is -2.26. The van der Waals surface area contributed by atoms with E-state index in [1.54, 1.807) is 0 Å². The fourth-order valence-electron chi connectivity index (χ4n) is 3.49. The summed E-state index contributed by atoms with van der Waals surface area (Å²) in [6.07, 6.45) is 5.64. The molecule has 1 aromatic heterocycles. The Labute approximate surface area is 151 Å². The average molecular weight is 338 g/mol. The van der Waals surface area contributed by atoms with Gasteiger partial charge in [0.2, 0.25) is 0 Å². The van der Waals surface area contributed by atoms with Crippen LogP contribution in [0.4, 0.5) is 11.5 Å². The maximum Gasteiger partial charge on any atom is 0.125 e. The molecule has 4 heteroatoms. The van der Waals surface area contributed by atoms with E-state index in [1.165, 1.54) is 30.4 Å². The molecule has 0 radical (unpaired) electrons. The molecule has 134 valence electrons. The molecule has 1 fully saturated rings. The van der Waals surface area contributed by atoms with Crippen molar-refractivity contribution >= 4 is 11.5 Å². The van der Waals surface area contributed by atoms with Gasteiger partial charge >= 0.3 is 0 Å². The second kappa shape index (κ2) is 8.86. The summed E-state index contributed by atoms with van der Waals surface area (Å²) in [6, 6.07) is 13.1. The van der Waals surface area contributed by atoms with Crippen molar-refractivity contribution in [1.82, 2.24) is 10.3 Å². The van der Waals surface area contributed by atoms with Crippen LogP contribution in [0.1, 0.15) is 55.3 Å². The molecule has 1 aliphatic rings. The highest BCUT2D eigenvalue weighted by Crippen LogP contribution is 2.26. The molecule has 1 aliphatic heterocycles. The van der Waals surface area contributed by atoms with Crippen LogP contribution in [0.3, 0.4) is 0 Å². The molecule has 0 unspecified atom stereocenters. The van der Waals surface area contributed by atoms with Crippen LogP contribution in [0.25, 0.3) is 0 Å². The van der Waals surface area contributed by atoms with Gasteiger partial charge in [0.05, 0.1) is 0 Å². The van der Waals surface area contributed by atoms with Crippen LogP contribution >= 0.6 is 0 Å². The Morgan fingerprint density at radius 3 is 2.64 bits per heavy atom. The lowest BCUT2D eigenvalue weighted by atomic mass is 9.89. The van der Waals surface area contributed by atoms with Gasteiger partial charge < -0.3 is 16.4 Å². The van der Waals surface area contributed by atoms with Crippen molar-refractivity contribution in [1.29, 1.82) is 0 Å². The molecule has 1 aromatic carbocycles. The normalized spacial score (nSPS) is 15.2. The van der Waals surface area contributed by atoms with E-state index in [4.69, 9.17) is 5.73 Å². The van der Waals surface area contributed by atoms with Crippen LogP contribution in [0, 0.1) is 0 Å². The maximum atomic E-state index is 5.98. The third kappa shape index (κ3) is 5.20. The van der Waals surface area contributed by atoms with E-state index in [9.17, 15) is 0 Å². The Morgan fingerprint density at radius 1 is 1.16 bits per heavy atom. The summed E-state index contributed by atoms with van der Waals surface area (Å²) in [7, 11) is 0. The summed E-state index contributed by atoms with van der Waals surface area (Å²) >= 11 is 0. The van der Waals surface area contributed by atoms with Gasteiger partial charge in [-0.05, 0) is 55.5 Å². The first kappa shape index (κ1) is 17.7. The Balaban J connectivity index is 1.65. The fraction of sp³-hybridized carbons (Fsp3) is 0.476. The fourth-order valence-corrected chi connectivity index (χ4v) is 3.49. The zero-order valence-corrected chi connectivity index (χ0v) is 15.2. The Kier molecular flexibility index (Phi) is 6.29. The maximum absolute atomic E-state index is 5.98. The van der Waals surface area contributed by atoms with Crippen molar-refractivity contribution in [3.8, 4) is 0 Å². The van der Waals surface area contributed by atoms with Crippen LogP contribution in [-0.2, 0) is 6.42 Å². The first-order valence-electron chi connectivity index (χ1n) is 9.54. The summed E-state index contributed by atoms with van der Waals surface area (Å²) in [5.41, 5.74) is 10.8. The molecule has 4 N–H and O–H groups in total. The number of piperidine rings is 1. The minimum atomic E-state index is 0.586. The second-order valence-corrected chi connectivity index (χ2v) is 6.99. The summed E-state index contributed by atoms with van der Waals surface area (Å²) < 4.78 is 0. The molecule has 0 aliphatic carbocycles. The van der Waals surface area contributed by atoms with Crippen molar-refractivity contribution in [3.63, 3.8) is 0 Å². The summed E-state index contributed by atoms with van der Waals surface area (Å²) in [4.78, 5) is 4.50. The van der Waals surface area contributed by atoms with Gasteiger partial charge in [0.15, 0.2) is 0 Å².